The van der Waals surface area contributed by atoms with Gasteiger partial charge in [-0.15, -0.1) is 0 Å². The van der Waals surface area contributed by atoms with Gasteiger partial charge in [0.25, 0.3) is 0 Å². The third kappa shape index (κ3) is 2.69. The van der Waals surface area contributed by atoms with Crippen LogP contribution in [0.25, 0.3) is 10.8 Å². The van der Waals surface area contributed by atoms with E-state index in [4.69, 9.17) is 4.74 Å². The third-order valence-electron chi connectivity index (χ3n) is 3.21. The monoisotopic (exact) mass is 279 g/mol. The van der Waals surface area contributed by atoms with Crippen LogP contribution < -0.4 is 4.74 Å². The molecule has 0 atom stereocenters. The van der Waals surface area contributed by atoms with E-state index in [9.17, 15) is 9.90 Å². The number of benzene rings is 2. The summed E-state index contributed by atoms with van der Waals surface area (Å²) in [6.07, 6.45) is 1.34. The fourth-order valence-corrected chi connectivity index (χ4v) is 2.18. The number of rotatable bonds is 4. The van der Waals surface area contributed by atoms with Crippen molar-refractivity contribution in [1.82, 2.24) is 4.98 Å². The van der Waals surface area contributed by atoms with Gasteiger partial charge in [0, 0.05) is 17.0 Å². The van der Waals surface area contributed by atoms with Gasteiger partial charge in [-0.1, -0.05) is 48.5 Å². The maximum Gasteiger partial charge on any atom is 0.337 e. The molecule has 0 aliphatic rings. The fourth-order valence-electron chi connectivity index (χ4n) is 2.18. The maximum atomic E-state index is 11.2. The van der Waals surface area contributed by atoms with Crippen molar-refractivity contribution in [2.24, 2.45) is 0 Å². The summed E-state index contributed by atoms with van der Waals surface area (Å²) in [5, 5.41) is 10.5. The molecule has 104 valence electrons. The largest absolute Gasteiger partial charge is 0.478 e. The molecule has 3 rings (SSSR count). The summed E-state index contributed by atoms with van der Waals surface area (Å²) < 4.78 is 5.74. The second-order valence-electron chi connectivity index (χ2n) is 4.60. The van der Waals surface area contributed by atoms with Gasteiger partial charge in [-0.05, 0) is 11.6 Å². The van der Waals surface area contributed by atoms with E-state index in [2.05, 4.69) is 4.98 Å². The van der Waals surface area contributed by atoms with Gasteiger partial charge in [0.1, 0.15) is 6.61 Å². The van der Waals surface area contributed by atoms with E-state index in [0.717, 1.165) is 5.56 Å². The van der Waals surface area contributed by atoms with E-state index in [-0.39, 0.29) is 5.56 Å². The van der Waals surface area contributed by atoms with E-state index in [0.29, 0.717) is 23.3 Å². The van der Waals surface area contributed by atoms with E-state index in [1.54, 1.807) is 12.1 Å². The molecule has 1 heterocycles. The molecule has 0 unspecified atom stereocenters. The normalized spacial score (nSPS) is 10.5. The van der Waals surface area contributed by atoms with Crippen LogP contribution in [0.15, 0.2) is 60.8 Å². The molecule has 0 bridgehead atoms. The van der Waals surface area contributed by atoms with Crippen molar-refractivity contribution >= 4 is 16.7 Å². The molecule has 0 amide bonds. The van der Waals surface area contributed by atoms with Crippen LogP contribution in [0.1, 0.15) is 15.9 Å². The van der Waals surface area contributed by atoms with Gasteiger partial charge in [0.05, 0.1) is 5.56 Å². The van der Waals surface area contributed by atoms with Crippen molar-refractivity contribution in [3.63, 3.8) is 0 Å². The zero-order valence-electron chi connectivity index (χ0n) is 11.2. The van der Waals surface area contributed by atoms with Crippen molar-refractivity contribution in [3.05, 3.63) is 71.9 Å². The van der Waals surface area contributed by atoms with Gasteiger partial charge < -0.3 is 9.84 Å². The molecule has 0 aliphatic carbocycles. The number of fused-ring (bicyclic) bond motifs is 1. The number of pyridine rings is 1. The average molecular weight is 279 g/mol. The van der Waals surface area contributed by atoms with E-state index < -0.39 is 5.97 Å². The predicted octanol–water partition coefficient (Wildman–Crippen LogP) is 3.51. The highest BCUT2D eigenvalue weighted by molar-refractivity contribution is 6.04. The Labute approximate surface area is 121 Å². The highest BCUT2D eigenvalue weighted by Crippen LogP contribution is 2.26. The molecule has 0 spiro atoms. The third-order valence-corrected chi connectivity index (χ3v) is 3.21. The average Bonchev–Trinajstić information content (AvgIpc) is 2.53. The minimum atomic E-state index is -0.992. The molecule has 4 nitrogen and oxygen atoms in total. The quantitative estimate of drug-likeness (QED) is 0.794. The van der Waals surface area contributed by atoms with Crippen LogP contribution in [0.5, 0.6) is 5.88 Å². The first-order chi connectivity index (χ1) is 10.3. The van der Waals surface area contributed by atoms with Crippen LogP contribution >= 0.6 is 0 Å². The van der Waals surface area contributed by atoms with Crippen molar-refractivity contribution in [2.75, 3.05) is 0 Å². The predicted molar refractivity (Wildman–Crippen MR) is 79.5 cm³/mol. The van der Waals surface area contributed by atoms with Crippen LogP contribution in [0.4, 0.5) is 0 Å². The Hall–Kier alpha value is -2.88. The molecule has 0 saturated carbocycles. The molecule has 1 N–H and O–H groups in total. The SMILES string of the molecule is O=C(O)c1cnc(OCc2ccccc2)c2ccccc12. The second kappa shape index (κ2) is 5.63. The molecule has 0 saturated heterocycles. The van der Waals surface area contributed by atoms with E-state index >= 15 is 0 Å². The molecule has 2 aromatic carbocycles. The van der Waals surface area contributed by atoms with E-state index in [1.165, 1.54) is 6.20 Å². The molecule has 21 heavy (non-hydrogen) atoms. The molecular formula is C17H13NO3. The first-order valence-electron chi connectivity index (χ1n) is 6.53. The molecule has 0 aliphatic heterocycles. The van der Waals surface area contributed by atoms with Crippen LogP contribution in [0.3, 0.4) is 0 Å². The Kier molecular flexibility index (Phi) is 3.51. The Morgan fingerprint density at radius 3 is 2.38 bits per heavy atom. The molecule has 0 radical (unpaired) electrons. The zero-order valence-corrected chi connectivity index (χ0v) is 11.2. The van der Waals surface area contributed by atoms with Gasteiger partial charge >= 0.3 is 5.97 Å². The topological polar surface area (TPSA) is 59.4 Å². The van der Waals surface area contributed by atoms with Crippen LogP contribution in [-0.4, -0.2) is 16.1 Å². The second-order valence-corrected chi connectivity index (χ2v) is 4.60. The summed E-state index contributed by atoms with van der Waals surface area (Å²) in [4.78, 5) is 15.4. The molecule has 0 fully saturated rings. The summed E-state index contributed by atoms with van der Waals surface area (Å²) in [6, 6.07) is 17.0. The van der Waals surface area contributed by atoms with Crippen LogP contribution in [0.2, 0.25) is 0 Å². The van der Waals surface area contributed by atoms with Crippen molar-refractivity contribution in [1.29, 1.82) is 0 Å². The number of carboxylic acids is 1. The number of hydrogen-bond donors (Lipinski definition) is 1. The summed E-state index contributed by atoms with van der Waals surface area (Å²) in [6.45, 7) is 0.393. The highest BCUT2D eigenvalue weighted by atomic mass is 16.5. The number of ether oxygens (including phenoxy) is 1. The van der Waals surface area contributed by atoms with E-state index in [1.807, 2.05) is 42.5 Å². The molecule has 4 heteroatoms. The first-order valence-corrected chi connectivity index (χ1v) is 6.53. The Balaban J connectivity index is 1.96. The first kappa shape index (κ1) is 13.1. The lowest BCUT2D eigenvalue weighted by Crippen LogP contribution is -2.02. The van der Waals surface area contributed by atoms with Crippen molar-refractivity contribution < 1.29 is 14.6 Å². The smallest absolute Gasteiger partial charge is 0.337 e. The lowest BCUT2D eigenvalue weighted by atomic mass is 10.1. The lowest BCUT2D eigenvalue weighted by molar-refractivity contribution is 0.0698. The van der Waals surface area contributed by atoms with Crippen LogP contribution in [-0.2, 0) is 6.61 Å². The number of aromatic carboxylic acids is 1. The Morgan fingerprint density at radius 2 is 1.67 bits per heavy atom. The van der Waals surface area contributed by atoms with Crippen molar-refractivity contribution in [2.45, 2.75) is 6.61 Å². The Morgan fingerprint density at radius 1 is 1.00 bits per heavy atom. The fraction of sp³-hybridized carbons (Fsp3) is 0.0588. The minimum absolute atomic E-state index is 0.178. The summed E-state index contributed by atoms with van der Waals surface area (Å²) in [5.74, 6) is -0.548. The zero-order chi connectivity index (χ0) is 14.7. The Bertz CT molecular complexity index is 784. The lowest BCUT2D eigenvalue weighted by Gasteiger charge is -2.09. The standard InChI is InChI=1S/C17H13NO3/c19-17(20)15-10-18-16(14-9-5-4-8-13(14)15)21-11-12-6-2-1-3-7-12/h1-10H,11H2,(H,19,20). The van der Waals surface area contributed by atoms with Gasteiger partial charge in [0.2, 0.25) is 5.88 Å². The van der Waals surface area contributed by atoms with Crippen LogP contribution in [0, 0.1) is 0 Å². The number of hydrogen-bond acceptors (Lipinski definition) is 3. The van der Waals surface area contributed by atoms with Gasteiger partial charge in [-0.2, -0.15) is 0 Å². The van der Waals surface area contributed by atoms with Gasteiger partial charge in [-0.25, -0.2) is 9.78 Å². The summed E-state index contributed by atoms with van der Waals surface area (Å²) >= 11 is 0. The maximum absolute atomic E-state index is 11.2. The molecule has 1 aromatic heterocycles. The number of carboxylic acid groups (broad SMARTS) is 1. The number of nitrogens with zero attached hydrogens (tertiary/aromatic N) is 1. The molecule has 3 aromatic rings. The summed E-state index contributed by atoms with van der Waals surface area (Å²) in [5.41, 5.74) is 1.21. The van der Waals surface area contributed by atoms with Crippen molar-refractivity contribution in [3.8, 4) is 5.88 Å². The molecular weight excluding hydrogens is 266 g/mol. The highest BCUT2D eigenvalue weighted by Gasteiger charge is 2.12. The summed E-state index contributed by atoms with van der Waals surface area (Å²) in [7, 11) is 0. The number of aromatic nitrogens is 1. The van der Waals surface area contributed by atoms with Gasteiger partial charge in [-0.3, -0.25) is 0 Å². The van der Waals surface area contributed by atoms with Gasteiger partial charge in [0.15, 0.2) is 0 Å². The number of carbonyl (C=O) groups is 1. The minimum Gasteiger partial charge on any atom is -0.478 e.